The van der Waals surface area contributed by atoms with E-state index in [9.17, 15) is 5.11 Å². The lowest BCUT2D eigenvalue weighted by molar-refractivity contribution is 0.0506. The van der Waals surface area contributed by atoms with Crippen LogP contribution in [0, 0.1) is 0 Å². The van der Waals surface area contributed by atoms with Crippen molar-refractivity contribution in [3.8, 4) is 0 Å². The summed E-state index contributed by atoms with van der Waals surface area (Å²) in [6, 6.07) is 7.92. The SMILES string of the molecule is CC1(C)C(O)CCN1Cc1cccc(Cl)c1. The average molecular weight is 240 g/mol. The van der Waals surface area contributed by atoms with Crippen LogP contribution in [0.15, 0.2) is 24.3 Å². The molecule has 2 nitrogen and oxygen atoms in total. The third-order valence-corrected chi connectivity index (χ3v) is 3.80. The first-order valence-electron chi connectivity index (χ1n) is 5.68. The summed E-state index contributed by atoms with van der Waals surface area (Å²) in [5, 5.41) is 10.7. The van der Waals surface area contributed by atoms with Gasteiger partial charge in [0.15, 0.2) is 0 Å². The number of halogens is 1. The molecule has 0 radical (unpaired) electrons. The second kappa shape index (κ2) is 4.36. The Morgan fingerprint density at radius 3 is 2.81 bits per heavy atom. The van der Waals surface area contributed by atoms with E-state index >= 15 is 0 Å². The van der Waals surface area contributed by atoms with Gasteiger partial charge >= 0.3 is 0 Å². The van der Waals surface area contributed by atoms with Gasteiger partial charge in [-0.15, -0.1) is 0 Å². The lowest BCUT2D eigenvalue weighted by Crippen LogP contribution is -2.44. The highest BCUT2D eigenvalue weighted by Crippen LogP contribution is 2.30. The van der Waals surface area contributed by atoms with Crippen molar-refractivity contribution in [2.24, 2.45) is 0 Å². The maximum atomic E-state index is 9.89. The number of likely N-dealkylation sites (tertiary alicyclic amines) is 1. The molecule has 16 heavy (non-hydrogen) atoms. The third kappa shape index (κ3) is 2.24. The van der Waals surface area contributed by atoms with Gasteiger partial charge in [-0.2, -0.15) is 0 Å². The zero-order chi connectivity index (χ0) is 11.8. The van der Waals surface area contributed by atoms with Gasteiger partial charge in [0, 0.05) is 23.7 Å². The molecule has 2 rings (SSSR count). The third-order valence-electron chi connectivity index (χ3n) is 3.57. The van der Waals surface area contributed by atoms with Gasteiger partial charge in [-0.05, 0) is 38.0 Å². The number of aliphatic hydroxyl groups is 1. The molecule has 0 aliphatic carbocycles. The van der Waals surface area contributed by atoms with Gasteiger partial charge in [-0.1, -0.05) is 23.7 Å². The summed E-state index contributed by atoms with van der Waals surface area (Å²) in [5.41, 5.74) is 1.07. The molecule has 1 atom stereocenters. The highest BCUT2D eigenvalue weighted by Gasteiger charge is 2.39. The second-order valence-electron chi connectivity index (χ2n) is 5.01. The van der Waals surface area contributed by atoms with Crippen molar-refractivity contribution in [1.29, 1.82) is 0 Å². The van der Waals surface area contributed by atoms with Crippen LogP contribution >= 0.6 is 11.6 Å². The molecule has 0 aromatic heterocycles. The monoisotopic (exact) mass is 239 g/mol. The van der Waals surface area contributed by atoms with E-state index in [0.717, 1.165) is 24.5 Å². The largest absolute Gasteiger partial charge is 0.391 e. The highest BCUT2D eigenvalue weighted by atomic mass is 35.5. The standard InChI is InChI=1S/C13H18ClNO/c1-13(2)12(16)6-7-15(13)9-10-4-3-5-11(14)8-10/h3-5,8,12,16H,6-7,9H2,1-2H3. The topological polar surface area (TPSA) is 23.5 Å². The number of rotatable bonds is 2. The summed E-state index contributed by atoms with van der Waals surface area (Å²) in [4.78, 5) is 2.31. The van der Waals surface area contributed by atoms with Crippen LogP contribution in [0.4, 0.5) is 0 Å². The molecule has 1 aromatic rings. The van der Waals surface area contributed by atoms with E-state index in [2.05, 4.69) is 24.8 Å². The normalized spacial score (nSPS) is 24.9. The van der Waals surface area contributed by atoms with E-state index in [1.807, 2.05) is 18.2 Å². The Morgan fingerprint density at radius 1 is 1.50 bits per heavy atom. The summed E-state index contributed by atoms with van der Waals surface area (Å²) in [6.45, 7) is 5.98. The van der Waals surface area contributed by atoms with E-state index in [1.54, 1.807) is 0 Å². The molecule has 88 valence electrons. The van der Waals surface area contributed by atoms with E-state index < -0.39 is 0 Å². The van der Waals surface area contributed by atoms with Gasteiger partial charge in [-0.25, -0.2) is 0 Å². The Labute approximate surface area is 102 Å². The van der Waals surface area contributed by atoms with Gasteiger partial charge in [0.25, 0.3) is 0 Å². The predicted molar refractivity (Wildman–Crippen MR) is 66.6 cm³/mol. The first kappa shape index (κ1) is 11.9. The second-order valence-corrected chi connectivity index (χ2v) is 5.45. The Morgan fingerprint density at radius 2 is 2.25 bits per heavy atom. The first-order chi connectivity index (χ1) is 7.50. The lowest BCUT2D eigenvalue weighted by atomic mass is 9.98. The predicted octanol–water partition coefficient (Wildman–Crippen LogP) is 2.69. The molecule has 0 amide bonds. The number of aliphatic hydroxyl groups excluding tert-OH is 1. The molecule has 0 spiro atoms. The molecule has 1 unspecified atom stereocenters. The molecule has 3 heteroatoms. The van der Waals surface area contributed by atoms with Gasteiger partial charge in [0.2, 0.25) is 0 Å². The summed E-state index contributed by atoms with van der Waals surface area (Å²) >= 11 is 5.96. The van der Waals surface area contributed by atoms with Crippen LogP contribution in [-0.2, 0) is 6.54 Å². The van der Waals surface area contributed by atoms with Crippen molar-refractivity contribution >= 4 is 11.6 Å². The minimum absolute atomic E-state index is 0.137. The van der Waals surface area contributed by atoms with Crippen LogP contribution in [0.2, 0.25) is 5.02 Å². The van der Waals surface area contributed by atoms with Crippen molar-refractivity contribution in [2.75, 3.05) is 6.54 Å². The summed E-state index contributed by atoms with van der Waals surface area (Å²) in [5.74, 6) is 0. The van der Waals surface area contributed by atoms with E-state index in [4.69, 9.17) is 11.6 Å². The van der Waals surface area contributed by atoms with Crippen LogP contribution in [0.1, 0.15) is 25.8 Å². The van der Waals surface area contributed by atoms with Crippen LogP contribution in [0.5, 0.6) is 0 Å². The molecule has 1 heterocycles. The molecule has 1 aliphatic heterocycles. The maximum absolute atomic E-state index is 9.89. The van der Waals surface area contributed by atoms with Crippen molar-refractivity contribution in [2.45, 2.75) is 38.5 Å². The smallest absolute Gasteiger partial charge is 0.0730 e. The van der Waals surface area contributed by atoms with Crippen LogP contribution in [0.3, 0.4) is 0 Å². The van der Waals surface area contributed by atoms with Gasteiger partial charge in [0.05, 0.1) is 6.10 Å². The zero-order valence-corrected chi connectivity index (χ0v) is 10.5. The Balaban J connectivity index is 2.11. The van der Waals surface area contributed by atoms with Crippen LogP contribution < -0.4 is 0 Å². The van der Waals surface area contributed by atoms with Gasteiger partial charge < -0.3 is 5.11 Å². The summed E-state index contributed by atoms with van der Waals surface area (Å²) in [7, 11) is 0. The highest BCUT2D eigenvalue weighted by molar-refractivity contribution is 6.30. The van der Waals surface area contributed by atoms with Crippen molar-refractivity contribution in [3.63, 3.8) is 0 Å². The molecule has 1 aliphatic rings. The van der Waals surface area contributed by atoms with Crippen LogP contribution in [-0.4, -0.2) is 28.2 Å². The first-order valence-corrected chi connectivity index (χ1v) is 6.05. The molecular weight excluding hydrogens is 222 g/mol. The summed E-state index contributed by atoms with van der Waals surface area (Å²) < 4.78 is 0. The number of nitrogens with zero attached hydrogens (tertiary/aromatic N) is 1. The van der Waals surface area contributed by atoms with Crippen molar-refractivity contribution in [3.05, 3.63) is 34.9 Å². The maximum Gasteiger partial charge on any atom is 0.0730 e. The molecule has 1 fully saturated rings. The number of benzene rings is 1. The van der Waals surface area contributed by atoms with Crippen molar-refractivity contribution < 1.29 is 5.11 Å². The Kier molecular flexibility index (Phi) is 3.24. The zero-order valence-electron chi connectivity index (χ0n) is 9.78. The minimum Gasteiger partial charge on any atom is -0.391 e. The summed E-state index contributed by atoms with van der Waals surface area (Å²) in [6.07, 6.45) is 0.625. The molecule has 1 aromatic carbocycles. The minimum atomic E-state index is -0.230. The quantitative estimate of drug-likeness (QED) is 0.858. The molecule has 0 bridgehead atoms. The number of hydrogen-bond acceptors (Lipinski definition) is 2. The molecule has 1 N–H and O–H groups in total. The van der Waals surface area contributed by atoms with E-state index in [1.165, 1.54) is 5.56 Å². The lowest BCUT2D eigenvalue weighted by Gasteiger charge is -2.33. The molecule has 0 saturated carbocycles. The fourth-order valence-corrected chi connectivity index (χ4v) is 2.48. The van der Waals surface area contributed by atoms with Crippen LogP contribution in [0.25, 0.3) is 0 Å². The number of hydrogen-bond donors (Lipinski definition) is 1. The molecule has 1 saturated heterocycles. The van der Waals surface area contributed by atoms with Gasteiger partial charge in [-0.3, -0.25) is 4.90 Å². The Bertz CT molecular complexity index is 378. The van der Waals surface area contributed by atoms with Gasteiger partial charge in [0.1, 0.15) is 0 Å². The van der Waals surface area contributed by atoms with E-state index in [-0.39, 0.29) is 11.6 Å². The van der Waals surface area contributed by atoms with Crippen molar-refractivity contribution in [1.82, 2.24) is 4.90 Å². The fourth-order valence-electron chi connectivity index (χ4n) is 2.27. The Hall–Kier alpha value is -0.570. The average Bonchev–Trinajstić information content (AvgIpc) is 2.45. The van der Waals surface area contributed by atoms with E-state index in [0.29, 0.717) is 0 Å². The fraction of sp³-hybridized carbons (Fsp3) is 0.538. The molecular formula is C13H18ClNO.